The van der Waals surface area contributed by atoms with Crippen molar-refractivity contribution < 1.29 is 35.5 Å². The lowest BCUT2D eigenvalue weighted by atomic mass is 9.79. The molecule has 0 bridgehead atoms. The molecule has 1 spiro atoms. The van der Waals surface area contributed by atoms with Gasteiger partial charge >= 0.3 is 23.8 Å². The van der Waals surface area contributed by atoms with Gasteiger partial charge in [0.05, 0.1) is 5.56 Å². The molecule has 0 amide bonds. The first-order valence-corrected chi connectivity index (χ1v) is 10.8. The van der Waals surface area contributed by atoms with E-state index in [9.17, 15) is 26.3 Å². The van der Waals surface area contributed by atoms with Gasteiger partial charge in [-0.25, -0.2) is 0 Å². The van der Waals surface area contributed by atoms with Crippen LogP contribution >= 0.6 is 0 Å². The van der Waals surface area contributed by atoms with Crippen LogP contribution in [0.5, 0.6) is 0 Å². The van der Waals surface area contributed by atoms with Crippen LogP contribution in [-0.4, -0.2) is 14.8 Å². The molecule has 35 heavy (non-hydrogen) atoms. The van der Waals surface area contributed by atoms with E-state index >= 15 is 0 Å². The first-order chi connectivity index (χ1) is 16.4. The molecular weight excluding hydrogens is 472 g/mol. The largest absolute Gasteiger partial charge is 0.437 e. The Kier molecular flexibility index (Phi) is 3.37. The van der Waals surface area contributed by atoms with E-state index in [2.05, 4.69) is 10.1 Å². The van der Waals surface area contributed by atoms with Crippen LogP contribution in [0.4, 0.5) is 26.3 Å². The molecule has 0 aliphatic carbocycles. The Balaban J connectivity index is 1.71. The van der Waals surface area contributed by atoms with Crippen molar-refractivity contribution in [3.05, 3.63) is 88.8 Å². The summed E-state index contributed by atoms with van der Waals surface area (Å²) in [6.07, 6.45) is -8.24. The van der Waals surface area contributed by atoms with Crippen LogP contribution in [0, 0.1) is 0 Å². The first kappa shape index (κ1) is 20.6. The number of hydrogen-bond acceptors (Lipinski definition) is 2. The van der Waals surface area contributed by atoms with Gasteiger partial charge in [0.2, 0.25) is 11.4 Å². The molecule has 4 aromatic rings. The Hall–Kier alpha value is -3.76. The van der Waals surface area contributed by atoms with Crippen LogP contribution in [0.25, 0.3) is 17.1 Å². The zero-order valence-electron chi connectivity index (χ0n) is 18.2. The summed E-state index contributed by atoms with van der Waals surface area (Å²) in [6, 6.07) is 12.6. The molecular formula is C24H15F6N5+2. The van der Waals surface area contributed by atoms with Gasteiger partial charge in [-0.3, -0.25) is 4.98 Å². The molecule has 3 aliphatic rings. The van der Waals surface area contributed by atoms with Gasteiger partial charge in [-0.05, 0) is 32.0 Å². The Morgan fingerprint density at radius 3 is 2.17 bits per heavy atom. The highest BCUT2D eigenvalue weighted by molar-refractivity contribution is 5.68. The van der Waals surface area contributed by atoms with Crippen molar-refractivity contribution in [3.8, 4) is 17.1 Å². The van der Waals surface area contributed by atoms with Crippen LogP contribution in [-0.2, 0) is 23.4 Å². The van der Waals surface area contributed by atoms with Crippen LogP contribution in [0.15, 0.2) is 54.7 Å². The molecule has 1 atom stereocenters. The predicted molar refractivity (Wildman–Crippen MR) is 107 cm³/mol. The second kappa shape index (κ2) is 5.72. The second-order valence-electron chi connectivity index (χ2n) is 9.47. The number of aromatic nitrogens is 5. The number of alkyl halides is 6. The monoisotopic (exact) mass is 487 g/mol. The summed E-state index contributed by atoms with van der Waals surface area (Å²) in [7, 11) is 0. The van der Waals surface area contributed by atoms with E-state index in [1.807, 2.05) is 35.1 Å². The minimum atomic E-state index is -4.70. The number of pyridine rings is 3. The number of hydrogen-bond donors (Lipinski definition) is 0. The molecule has 0 aromatic carbocycles. The lowest BCUT2D eigenvalue weighted by Gasteiger charge is -2.33. The first-order valence-electron chi connectivity index (χ1n) is 10.8. The van der Waals surface area contributed by atoms with Crippen LogP contribution < -0.4 is 9.13 Å². The average Bonchev–Trinajstić information content (AvgIpc) is 3.43. The summed E-state index contributed by atoms with van der Waals surface area (Å²) in [4.78, 5) is 3.71. The molecule has 5 nitrogen and oxygen atoms in total. The highest BCUT2D eigenvalue weighted by atomic mass is 19.4. The summed E-state index contributed by atoms with van der Waals surface area (Å²) in [6.45, 7) is 3.96. The molecule has 0 N–H and O–H groups in total. The fraction of sp³-hybridized carbons (Fsp3) is 0.250. The molecule has 7 rings (SSSR count). The minimum Gasteiger partial charge on any atom is -0.251 e. The van der Waals surface area contributed by atoms with E-state index in [0.717, 1.165) is 29.7 Å². The van der Waals surface area contributed by atoms with Crippen molar-refractivity contribution >= 4 is 0 Å². The van der Waals surface area contributed by atoms with Gasteiger partial charge in [-0.2, -0.15) is 30.9 Å². The molecule has 0 fully saturated rings. The summed E-state index contributed by atoms with van der Waals surface area (Å²) in [5, 5.41) is 3.89. The number of nitrogens with zero attached hydrogens (tertiary/aromatic N) is 5. The molecule has 7 heterocycles. The topological polar surface area (TPSA) is 38.5 Å². The Bertz CT molecular complexity index is 1610. The van der Waals surface area contributed by atoms with Crippen molar-refractivity contribution in [2.24, 2.45) is 0 Å². The van der Waals surface area contributed by atoms with E-state index in [0.29, 0.717) is 17.1 Å². The third-order valence-electron chi connectivity index (χ3n) is 7.31. The maximum Gasteiger partial charge on any atom is 0.437 e. The molecule has 0 unspecified atom stereocenters. The highest BCUT2D eigenvalue weighted by Gasteiger charge is 2.73. The highest BCUT2D eigenvalue weighted by Crippen LogP contribution is 2.50. The van der Waals surface area contributed by atoms with Crippen LogP contribution in [0.1, 0.15) is 47.9 Å². The summed E-state index contributed by atoms with van der Waals surface area (Å²) >= 11 is 0. The maximum atomic E-state index is 13.8. The second-order valence-corrected chi connectivity index (χ2v) is 9.47. The fourth-order valence-corrected chi connectivity index (χ4v) is 5.93. The van der Waals surface area contributed by atoms with Crippen molar-refractivity contribution in [3.63, 3.8) is 0 Å². The maximum absolute atomic E-state index is 13.8. The normalized spacial score (nSPS) is 20.3. The van der Waals surface area contributed by atoms with Crippen molar-refractivity contribution in [1.82, 2.24) is 14.8 Å². The van der Waals surface area contributed by atoms with Crippen molar-refractivity contribution in [1.29, 1.82) is 0 Å². The van der Waals surface area contributed by atoms with Gasteiger partial charge < -0.3 is 0 Å². The number of rotatable bonds is 0. The Morgan fingerprint density at radius 1 is 0.829 bits per heavy atom. The molecule has 176 valence electrons. The predicted octanol–water partition coefficient (Wildman–Crippen LogP) is 4.11. The fourth-order valence-electron chi connectivity index (χ4n) is 5.93. The molecule has 0 radical (unpaired) electrons. The molecule has 0 saturated carbocycles. The Labute approximate surface area is 193 Å². The molecule has 11 heteroatoms. The lowest BCUT2D eigenvalue weighted by molar-refractivity contribution is -0.972. The zero-order valence-corrected chi connectivity index (χ0v) is 18.2. The van der Waals surface area contributed by atoms with Gasteiger partial charge in [0.1, 0.15) is 22.4 Å². The van der Waals surface area contributed by atoms with Crippen LogP contribution in [0.3, 0.4) is 0 Å². The van der Waals surface area contributed by atoms with E-state index in [4.69, 9.17) is 0 Å². The molecule has 4 aromatic heterocycles. The average molecular weight is 487 g/mol. The van der Waals surface area contributed by atoms with Crippen molar-refractivity contribution in [2.45, 2.75) is 37.3 Å². The molecule has 3 aliphatic heterocycles. The van der Waals surface area contributed by atoms with E-state index < -0.39 is 34.8 Å². The standard InChI is InChI=1S/C24H15F6N5/c1-21(2)17-6-3-5-14-12-9-15(23(25,26)27)31-11-13(12)22(33(14)17)19-10-16(24(28,29)30)32-35(19)20-8-4-7-18(21)34(20)22/h3-11H,1-2H3/q+2/t22-/m0/s1. The Morgan fingerprint density at radius 2 is 1.49 bits per heavy atom. The summed E-state index contributed by atoms with van der Waals surface area (Å²) in [5.74, 6) is 0.391. The van der Waals surface area contributed by atoms with Gasteiger partial charge in [0.25, 0.3) is 5.69 Å². The zero-order chi connectivity index (χ0) is 24.7. The van der Waals surface area contributed by atoms with Gasteiger partial charge in [-0.1, -0.05) is 15.8 Å². The SMILES string of the molecule is CC1(C)c2cccc3[n+]2[C@]2(c4cnc(C(F)(F)F)cc4-3)c3cc(C(F)(F)F)nn3-c3cccc1[n+]32. The van der Waals surface area contributed by atoms with Gasteiger partial charge in [0, 0.05) is 30.5 Å². The van der Waals surface area contributed by atoms with Gasteiger partial charge in [0.15, 0.2) is 5.69 Å². The third kappa shape index (κ3) is 2.18. The third-order valence-corrected chi connectivity index (χ3v) is 7.31. The lowest BCUT2D eigenvalue weighted by Crippen LogP contribution is -2.79. The minimum absolute atomic E-state index is 0.187. The van der Waals surface area contributed by atoms with Crippen LogP contribution in [0.2, 0.25) is 0 Å². The quantitative estimate of drug-likeness (QED) is 0.239. The smallest absolute Gasteiger partial charge is 0.251 e. The van der Waals surface area contributed by atoms with Crippen molar-refractivity contribution in [2.75, 3.05) is 0 Å². The van der Waals surface area contributed by atoms with E-state index in [1.165, 1.54) is 4.68 Å². The summed E-state index contributed by atoms with van der Waals surface area (Å²) < 4.78 is 87.1. The van der Waals surface area contributed by atoms with E-state index in [-0.39, 0.29) is 11.3 Å². The van der Waals surface area contributed by atoms with E-state index in [1.54, 1.807) is 24.3 Å². The number of fused-ring (bicyclic) bond motifs is 4. The summed E-state index contributed by atoms with van der Waals surface area (Å²) in [5.41, 5.74) is -1.34. The number of halogens is 6. The molecule has 0 saturated heterocycles. The van der Waals surface area contributed by atoms with Gasteiger partial charge in [-0.15, -0.1) is 4.57 Å².